The number of rotatable bonds is 9. The van der Waals surface area contributed by atoms with Crippen LogP contribution in [0.25, 0.3) is 0 Å². The van der Waals surface area contributed by atoms with Crippen molar-refractivity contribution in [3.05, 3.63) is 53.1 Å². The van der Waals surface area contributed by atoms with Crippen LogP contribution in [0.1, 0.15) is 56.3 Å². The van der Waals surface area contributed by atoms with Crippen LogP contribution in [0.5, 0.6) is 0 Å². The van der Waals surface area contributed by atoms with E-state index < -0.39 is 0 Å². The molecular formula is C25H32ClN3O2. The Morgan fingerprint density at radius 2 is 1.65 bits per heavy atom. The molecule has 0 saturated heterocycles. The topological polar surface area (TPSA) is 43.9 Å². The summed E-state index contributed by atoms with van der Waals surface area (Å²) in [6, 6.07) is 12.6. The maximum absolute atomic E-state index is 13.4. The Balaban J connectivity index is 1.75. The van der Waals surface area contributed by atoms with E-state index in [-0.39, 0.29) is 11.8 Å². The van der Waals surface area contributed by atoms with E-state index in [1.807, 2.05) is 24.3 Å². The third-order valence-corrected chi connectivity index (χ3v) is 6.21. The molecule has 166 valence electrons. The number of amides is 2. The van der Waals surface area contributed by atoms with Crippen molar-refractivity contribution in [2.45, 2.75) is 46.0 Å². The Morgan fingerprint density at radius 1 is 0.935 bits per heavy atom. The monoisotopic (exact) mass is 441 g/mol. The van der Waals surface area contributed by atoms with E-state index in [2.05, 4.69) is 18.7 Å². The molecular weight excluding hydrogens is 410 g/mol. The number of carbonyl (C=O) groups excluding carboxylic acids is 2. The van der Waals surface area contributed by atoms with Gasteiger partial charge in [0, 0.05) is 18.5 Å². The van der Waals surface area contributed by atoms with Crippen LogP contribution >= 0.6 is 11.6 Å². The predicted octanol–water partition coefficient (Wildman–Crippen LogP) is 5.89. The van der Waals surface area contributed by atoms with E-state index in [1.54, 1.807) is 35.0 Å². The van der Waals surface area contributed by atoms with Gasteiger partial charge in [0.05, 0.1) is 22.6 Å². The summed E-state index contributed by atoms with van der Waals surface area (Å²) >= 11 is 6.21. The summed E-state index contributed by atoms with van der Waals surface area (Å²) in [5.74, 6) is -0.145. The average Bonchev–Trinajstić information content (AvgIpc) is 2.87. The van der Waals surface area contributed by atoms with Crippen molar-refractivity contribution in [2.75, 3.05) is 36.5 Å². The van der Waals surface area contributed by atoms with Gasteiger partial charge < -0.3 is 9.80 Å². The molecule has 0 fully saturated rings. The van der Waals surface area contributed by atoms with E-state index in [4.69, 9.17) is 11.6 Å². The van der Waals surface area contributed by atoms with Crippen molar-refractivity contribution in [1.82, 2.24) is 4.90 Å². The summed E-state index contributed by atoms with van der Waals surface area (Å²) in [5, 5.41) is 0.532. The summed E-state index contributed by atoms with van der Waals surface area (Å²) in [7, 11) is 1.72. The molecule has 6 heteroatoms. The van der Waals surface area contributed by atoms with Crippen LogP contribution in [0.3, 0.4) is 0 Å². The summed E-state index contributed by atoms with van der Waals surface area (Å²) in [6.45, 7) is 7.66. The first-order chi connectivity index (χ1) is 15.0. The first kappa shape index (κ1) is 23.3. The fourth-order valence-electron chi connectivity index (χ4n) is 4.11. The van der Waals surface area contributed by atoms with Crippen LogP contribution in [0, 0.1) is 0 Å². The number of anilines is 3. The second kappa shape index (κ2) is 10.8. The minimum atomic E-state index is -0.147. The number of hydrogen-bond donors (Lipinski definition) is 0. The van der Waals surface area contributed by atoms with Crippen LogP contribution < -0.4 is 9.80 Å². The van der Waals surface area contributed by atoms with Crippen LogP contribution in [-0.4, -0.2) is 43.4 Å². The van der Waals surface area contributed by atoms with Gasteiger partial charge in [0.1, 0.15) is 0 Å². The molecule has 0 bridgehead atoms. The van der Waals surface area contributed by atoms with Gasteiger partial charge in [-0.05, 0) is 62.8 Å². The number of carbonyl (C=O) groups is 2. The van der Waals surface area contributed by atoms with Crippen molar-refractivity contribution in [2.24, 2.45) is 0 Å². The number of unbranched alkanes of at least 4 members (excludes halogenated alkanes) is 3. The summed E-state index contributed by atoms with van der Waals surface area (Å²) in [5.41, 5.74) is 2.48. The molecule has 0 radical (unpaired) electrons. The molecule has 2 aromatic carbocycles. The summed E-state index contributed by atoms with van der Waals surface area (Å²) < 4.78 is 0. The largest absolute Gasteiger partial charge is 0.309 e. The number of para-hydroxylation sites is 1. The fourth-order valence-corrected chi connectivity index (χ4v) is 4.28. The highest BCUT2D eigenvalue weighted by atomic mass is 35.5. The molecule has 2 amide bonds. The molecule has 0 saturated carbocycles. The van der Waals surface area contributed by atoms with Crippen molar-refractivity contribution in [3.8, 4) is 0 Å². The molecule has 31 heavy (non-hydrogen) atoms. The average molecular weight is 442 g/mol. The lowest BCUT2D eigenvalue weighted by Crippen LogP contribution is -2.26. The van der Waals surface area contributed by atoms with Crippen molar-refractivity contribution < 1.29 is 9.59 Å². The van der Waals surface area contributed by atoms with Crippen molar-refractivity contribution >= 4 is 40.5 Å². The van der Waals surface area contributed by atoms with Gasteiger partial charge in [-0.3, -0.25) is 14.5 Å². The Labute approximate surface area is 190 Å². The first-order valence-corrected chi connectivity index (χ1v) is 11.6. The van der Waals surface area contributed by atoms with E-state index in [0.29, 0.717) is 34.1 Å². The lowest BCUT2D eigenvalue weighted by Gasteiger charge is -2.25. The SMILES string of the molecule is CCN(CC)CCCCCCC(=O)N1c2ccccc2C(=O)N(C)c2cc(Cl)ccc21. The van der Waals surface area contributed by atoms with Crippen molar-refractivity contribution in [3.63, 3.8) is 0 Å². The molecule has 0 N–H and O–H groups in total. The predicted molar refractivity (Wildman–Crippen MR) is 129 cm³/mol. The Morgan fingerprint density at radius 3 is 2.39 bits per heavy atom. The second-order valence-corrected chi connectivity index (χ2v) is 8.37. The van der Waals surface area contributed by atoms with Crippen LogP contribution in [0.4, 0.5) is 17.1 Å². The van der Waals surface area contributed by atoms with Gasteiger partial charge in [-0.2, -0.15) is 0 Å². The minimum Gasteiger partial charge on any atom is -0.309 e. The highest BCUT2D eigenvalue weighted by Gasteiger charge is 2.31. The molecule has 3 rings (SSSR count). The highest BCUT2D eigenvalue weighted by molar-refractivity contribution is 6.31. The molecule has 1 aliphatic rings. The van der Waals surface area contributed by atoms with E-state index >= 15 is 0 Å². The fraction of sp³-hybridized carbons (Fsp3) is 0.440. The zero-order valence-corrected chi connectivity index (χ0v) is 19.5. The Bertz CT molecular complexity index is 927. The molecule has 0 aromatic heterocycles. The zero-order chi connectivity index (χ0) is 22.4. The number of benzene rings is 2. The number of hydrogen-bond acceptors (Lipinski definition) is 3. The normalized spacial score (nSPS) is 13.3. The van der Waals surface area contributed by atoms with Gasteiger partial charge in [-0.15, -0.1) is 0 Å². The summed E-state index contributed by atoms with van der Waals surface area (Å²) in [6.07, 6.45) is 4.58. The first-order valence-electron chi connectivity index (χ1n) is 11.2. The van der Waals surface area contributed by atoms with Gasteiger partial charge in [0.2, 0.25) is 5.91 Å². The van der Waals surface area contributed by atoms with Gasteiger partial charge in [-0.25, -0.2) is 0 Å². The number of fused-ring (bicyclic) bond motifs is 2. The van der Waals surface area contributed by atoms with E-state index in [9.17, 15) is 9.59 Å². The Kier molecular flexibility index (Phi) is 8.10. The molecule has 1 aliphatic heterocycles. The standard InChI is InChI=1S/C25H32ClN3O2/c1-4-28(5-2)17-11-7-6-8-14-24(30)29-21-13-10-9-12-20(21)25(31)27(3)23-18-19(26)15-16-22(23)29/h9-10,12-13,15-16,18H,4-8,11,14,17H2,1-3H3. The maximum Gasteiger partial charge on any atom is 0.260 e. The summed E-state index contributed by atoms with van der Waals surface area (Å²) in [4.78, 5) is 32.1. The molecule has 0 unspecified atom stereocenters. The van der Waals surface area contributed by atoms with Crippen molar-refractivity contribution in [1.29, 1.82) is 0 Å². The highest BCUT2D eigenvalue weighted by Crippen LogP contribution is 2.41. The maximum atomic E-state index is 13.4. The van der Waals surface area contributed by atoms with Crippen LogP contribution in [0.2, 0.25) is 5.02 Å². The van der Waals surface area contributed by atoms with E-state index in [1.165, 1.54) is 0 Å². The third-order valence-electron chi connectivity index (χ3n) is 5.98. The quantitative estimate of drug-likeness (QED) is 0.456. The smallest absolute Gasteiger partial charge is 0.260 e. The van der Waals surface area contributed by atoms with Crippen LogP contribution in [-0.2, 0) is 4.79 Å². The Hall–Kier alpha value is -2.37. The second-order valence-electron chi connectivity index (χ2n) is 7.93. The van der Waals surface area contributed by atoms with Gasteiger partial charge in [0.25, 0.3) is 5.91 Å². The van der Waals surface area contributed by atoms with E-state index in [0.717, 1.165) is 45.3 Å². The molecule has 0 aliphatic carbocycles. The zero-order valence-electron chi connectivity index (χ0n) is 18.7. The lowest BCUT2D eigenvalue weighted by atomic mass is 10.1. The van der Waals surface area contributed by atoms with Crippen LogP contribution in [0.15, 0.2) is 42.5 Å². The molecule has 2 aromatic rings. The number of halogens is 1. The van der Waals surface area contributed by atoms with Gasteiger partial charge >= 0.3 is 0 Å². The molecule has 0 spiro atoms. The molecule has 1 heterocycles. The lowest BCUT2D eigenvalue weighted by molar-refractivity contribution is -0.118. The number of nitrogens with zero attached hydrogens (tertiary/aromatic N) is 3. The molecule has 0 atom stereocenters. The third kappa shape index (κ3) is 5.28. The molecule has 5 nitrogen and oxygen atoms in total. The minimum absolute atomic E-state index is 0.00265. The van der Waals surface area contributed by atoms with Gasteiger partial charge in [0.15, 0.2) is 0 Å². The van der Waals surface area contributed by atoms with Gasteiger partial charge in [-0.1, -0.05) is 50.4 Å².